The maximum Gasteiger partial charge on any atom is 0.263 e. The second kappa shape index (κ2) is 14.9. The molecule has 1 aromatic carbocycles. The Labute approximate surface area is 314 Å². The molecule has 3 fully saturated rings. The van der Waals surface area contributed by atoms with E-state index in [0.717, 1.165) is 89.1 Å². The molecule has 1 aliphatic carbocycles. The number of aryl methyl sites for hydroxylation is 1. The normalized spacial score (nSPS) is 19.7. The first-order valence-electron chi connectivity index (χ1n) is 19.2. The van der Waals surface area contributed by atoms with Crippen LogP contribution in [-0.4, -0.2) is 99.3 Å². The summed E-state index contributed by atoms with van der Waals surface area (Å²) in [6, 6.07) is 10.4. The van der Waals surface area contributed by atoms with Crippen molar-refractivity contribution in [1.82, 2.24) is 34.6 Å². The molecule has 54 heavy (non-hydrogen) atoms. The molecule has 6 heterocycles. The summed E-state index contributed by atoms with van der Waals surface area (Å²) in [5.41, 5.74) is 5.87. The second-order valence-electron chi connectivity index (χ2n) is 15.2. The van der Waals surface area contributed by atoms with Crippen LogP contribution < -0.4 is 26.0 Å². The SMILES string of the molecule is CC(=O)c1c(C)c2cnc(Nc3ccc(N4CCN(CCN(C)c5ccc6c(c5)CN(C5CCC(=O)NC5=O)C6)CC4)cn3)nc2n(C2CCCC2)c1=O. The molecule has 14 nitrogen and oxygen atoms in total. The zero-order valence-corrected chi connectivity index (χ0v) is 31.3. The summed E-state index contributed by atoms with van der Waals surface area (Å²) in [7, 11) is 2.13. The van der Waals surface area contributed by atoms with Gasteiger partial charge in [-0.15, -0.1) is 0 Å². The molecule has 2 amide bonds. The van der Waals surface area contributed by atoms with Crippen molar-refractivity contribution in [2.75, 3.05) is 61.4 Å². The Bertz CT molecular complexity index is 2150. The molecule has 3 aliphatic heterocycles. The van der Waals surface area contributed by atoms with Gasteiger partial charge in [0.05, 0.1) is 23.5 Å². The first kappa shape index (κ1) is 35.8. The number of nitrogens with zero attached hydrogens (tertiary/aromatic N) is 8. The van der Waals surface area contributed by atoms with E-state index < -0.39 is 0 Å². The van der Waals surface area contributed by atoms with Crippen LogP contribution in [0.15, 0.2) is 47.5 Å². The molecule has 8 rings (SSSR count). The number of nitrogens with one attached hydrogen (secondary N) is 2. The Morgan fingerprint density at radius 2 is 1.74 bits per heavy atom. The zero-order valence-electron chi connectivity index (χ0n) is 31.3. The van der Waals surface area contributed by atoms with Crippen LogP contribution in [0.4, 0.5) is 23.1 Å². The van der Waals surface area contributed by atoms with E-state index >= 15 is 0 Å². The lowest BCUT2D eigenvalue weighted by molar-refractivity contribution is -0.137. The number of piperidine rings is 1. The van der Waals surface area contributed by atoms with Crippen LogP contribution in [0, 0.1) is 6.92 Å². The lowest BCUT2D eigenvalue weighted by atomic mass is 10.0. The summed E-state index contributed by atoms with van der Waals surface area (Å²) in [5, 5.41) is 6.43. The lowest BCUT2D eigenvalue weighted by Gasteiger charge is -2.36. The minimum absolute atomic E-state index is 0.0200. The minimum atomic E-state index is -0.265. The van der Waals surface area contributed by atoms with E-state index in [9.17, 15) is 19.2 Å². The maximum atomic E-state index is 13.6. The van der Waals surface area contributed by atoms with Gasteiger partial charge in [-0.1, -0.05) is 18.9 Å². The average Bonchev–Trinajstić information content (AvgIpc) is 3.85. The molecular formula is C40H48N10O4. The summed E-state index contributed by atoms with van der Waals surface area (Å²) in [6.07, 6.45) is 8.43. The van der Waals surface area contributed by atoms with Gasteiger partial charge in [-0.3, -0.25) is 38.9 Å². The second-order valence-corrected chi connectivity index (χ2v) is 15.2. The van der Waals surface area contributed by atoms with E-state index in [1.165, 1.54) is 23.7 Å². The number of fused-ring (bicyclic) bond motifs is 2. The number of likely N-dealkylation sites (N-methyl/N-ethyl adjacent to an activating group) is 1. The summed E-state index contributed by atoms with van der Waals surface area (Å²) < 4.78 is 1.72. The average molecular weight is 733 g/mol. The number of aromatic nitrogens is 4. The number of ketones is 1. The number of anilines is 4. The fourth-order valence-electron chi connectivity index (χ4n) is 8.62. The monoisotopic (exact) mass is 732 g/mol. The number of pyridine rings is 2. The van der Waals surface area contributed by atoms with Crippen molar-refractivity contribution in [1.29, 1.82) is 0 Å². The van der Waals surface area contributed by atoms with E-state index in [2.05, 4.69) is 71.5 Å². The molecule has 1 unspecified atom stereocenters. The molecule has 0 bridgehead atoms. The minimum Gasteiger partial charge on any atom is -0.373 e. The lowest BCUT2D eigenvalue weighted by Crippen LogP contribution is -2.50. The largest absolute Gasteiger partial charge is 0.373 e. The van der Waals surface area contributed by atoms with Gasteiger partial charge < -0.3 is 15.1 Å². The van der Waals surface area contributed by atoms with Crippen molar-refractivity contribution in [3.8, 4) is 0 Å². The predicted molar refractivity (Wildman–Crippen MR) is 207 cm³/mol. The number of hydrogen-bond donors (Lipinski definition) is 2. The number of carbonyl (C=O) groups excluding carboxylic acids is 3. The quantitative estimate of drug-likeness (QED) is 0.180. The predicted octanol–water partition coefficient (Wildman–Crippen LogP) is 3.94. The van der Waals surface area contributed by atoms with Crippen LogP contribution in [-0.2, 0) is 22.7 Å². The first-order valence-corrected chi connectivity index (χ1v) is 19.2. The number of hydrogen-bond acceptors (Lipinski definition) is 12. The Hall–Kier alpha value is -5.21. The van der Waals surface area contributed by atoms with E-state index in [1.54, 1.807) is 17.7 Å². The Morgan fingerprint density at radius 3 is 2.46 bits per heavy atom. The number of imide groups is 1. The molecule has 2 saturated heterocycles. The summed E-state index contributed by atoms with van der Waals surface area (Å²) in [5.74, 6) is 0.382. The molecule has 4 aromatic rings. The number of Topliss-reactive ketones (excluding diaryl/α,β-unsaturated/α-hetero) is 1. The van der Waals surface area contributed by atoms with Crippen LogP contribution in [0.1, 0.15) is 78.5 Å². The van der Waals surface area contributed by atoms with E-state index in [1.807, 2.05) is 12.3 Å². The molecule has 3 aromatic heterocycles. The number of amides is 2. The number of rotatable bonds is 10. The highest BCUT2D eigenvalue weighted by molar-refractivity contribution is 6.00. The molecule has 2 N–H and O–H groups in total. The van der Waals surface area contributed by atoms with Gasteiger partial charge in [-0.05, 0) is 74.1 Å². The van der Waals surface area contributed by atoms with Gasteiger partial charge in [0.15, 0.2) is 5.78 Å². The van der Waals surface area contributed by atoms with E-state index in [4.69, 9.17) is 4.98 Å². The van der Waals surface area contributed by atoms with Crippen LogP contribution in [0.3, 0.4) is 0 Å². The molecule has 4 aliphatic rings. The highest BCUT2D eigenvalue weighted by Crippen LogP contribution is 2.33. The van der Waals surface area contributed by atoms with Crippen LogP contribution in [0.5, 0.6) is 0 Å². The van der Waals surface area contributed by atoms with Gasteiger partial charge in [-0.2, -0.15) is 4.98 Å². The Morgan fingerprint density at radius 1 is 0.963 bits per heavy atom. The molecule has 0 radical (unpaired) electrons. The molecular weight excluding hydrogens is 685 g/mol. The van der Waals surface area contributed by atoms with E-state index in [0.29, 0.717) is 35.8 Å². The highest BCUT2D eigenvalue weighted by atomic mass is 16.2. The third kappa shape index (κ3) is 7.07. The topological polar surface area (TPSA) is 149 Å². The van der Waals surface area contributed by atoms with Crippen molar-refractivity contribution in [3.63, 3.8) is 0 Å². The molecule has 282 valence electrons. The summed E-state index contributed by atoms with van der Waals surface area (Å²) in [4.78, 5) is 73.4. The van der Waals surface area contributed by atoms with Gasteiger partial charge in [-0.25, -0.2) is 9.97 Å². The van der Waals surface area contributed by atoms with Gasteiger partial charge >= 0.3 is 0 Å². The van der Waals surface area contributed by atoms with Crippen molar-refractivity contribution in [2.24, 2.45) is 0 Å². The van der Waals surface area contributed by atoms with Crippen molar-refractivity contribution in [2.45, 2.75) is 77.5 Å². The third-order valence-electron chi connectivity index (χ3n) is 11.8. The maximum absolute atomic E-state index is 13.6. The fraction of sp³-hybridized carbons (Fsp3) is 0.475. The van der Waals surface area contributed by atoms with Gasteiger partial charge in [0.25, 0.3) is 5.56 Å². The standard InChI is InChI=1S/C40H48N10O4/c1-25-32-22-42-40(45-37(32)50(29-6-4-5-7-29)39(54)36(25)26(2)51)43-34-12-10-31(21-41-34)48-18-16-47(17-19-48)15-14-46(3)30-9-8-27-23-49(24-28(27)20-30)33-11-13-35(52)44-38(33)53/h8-10,12,20-22,29,33H,4-7,11,13-19,23-24H2,1-3H3,(H,44,52,53)(H,41,42,43,45). The fourth-order valence-corrected chi connectivity index (χ4v) is 8.62. The van der Waals surface area contributed by atoms with Crippen LogP contribution in [0.25, 0.3) is 11.0 Å². The number of carbonyl (C=O) groups is 3. The van der Waals surface area contributed by atoms with Crippen LogP contribution in [0.2, 0.25) is 0 Å². The zero-order chi connectivity index (χ0) is 37.5. The Kier molecular flexibility index (Phi) is 9.88. The smallest absolute Gasteiger partial charge is 0.263 e. The first-order chi connectivity index (χ1) is 26.1. The van der Waals surface area contributed by atoms with Crippen molar-refractivity contribution >= 4 is 51.8 Å². The summed E-state index contributed by atoms with van der Waals surface area (Å²) >= 11 is 0. The van der Waals surface area contributed by atoms with Gasteiger partial charge in [0.2, 0.25) is 17.8 Å². The molecule has 1 saturated carbocycles. The molecule has 0 spiro atoms. The molecule has 1 atom stereocenters. The van der Waals surface area contributed by atoms with Crippen LogP contribution >= 0.6 is 0 Å². The molecule has 14 heteroatoms. The Balaban J connectivity index is 0.849. The van der Waals surface area contributed by atoms with Gasteiger partial charge in [0.1, 0.15) is 11.5 Å². The van der Waals surface area contributed by atoms with Crippen molar-refractivity contribution < 1.29 is 14.4 Å². The van der Waals surface area contributed by atoms with Gasteiger partial charge in [0, 0.05) is 89.1 Å². The summed E-state index contributed by atoms with van der Waals surface area (Å²) in [6.45, 7) is 10.3. The van der Waals surface area contributed by atoms with Crippen molar-refractivity contribution in [3.05, 3.63) is 75.3 Å². The number of piperazine rings is 1. The number of benzene rings is 1. The van der Waals surface area contributed by atoms with E-state index in [-0.39, 0.29) is 40.8 Å². The third-order valence-corrected chi connectivity index (χ3v) is 11.8. The highest BCUT2D eigenvalue weighted by Gasteiger charge is 2.35.